The monoisotopic (exact) mass is 443 g/mol. The van der Waals surface area contributed by atoms with E-state index < -0.39 is 0 Å². The van der Waals surface area contributed by atoms with Gasteiger partial charge in [0.1, 0.15) is 5.82 Å². The zero-order chi connectivity index (χ0) is 22.1. The number of nitrogens with zero attached hydrogens (tertiary/aromatic N) is 5. The number of aryl methyl sites for hydroxylation is 1. The number of rotatable bonds is 8. The Kier molecular flexibility index (Phi) is 8.63. The number of hydrogen-bond donors (Lipinski definition) is 2. The number of piperazine rings is 1. The summed E-state index contributed by atoms with van der Waals surface area (Å²) in [4.78, 5) is 26.3. The molecule has 3 rings (SSSR count). The van der Waals surface area contributed by atoms with Crippen molar-refractivity contribution in [2.24, 2.45) is 4.99 Å². The summed E-state index contributed by atoms with van der Waals surface area (Å²) in [6.45, 7) is 11.8. The average molecular weight is 444 g/mol. The number of anilines is 1. The van der Waals surface area contributed by atoms with E-state index in [1.54, 1.807) is 0 Å². The SMILES string of the molecule is CCCNC(=O)c1cccc(CN=C(NCC)N2CCN(c3nc(CC)ns3)CC2)c1. The maximum absolute atomic E-state index is 12.2. The molecule has 0 radical (unpaired) electrons. The second-order valence-corrected chi connectivity index (χ2v) is 8.18. The number of carbonyl (C=O) groups excluding carboxylic acids is 1. The number of hydrogen-bond acceptors (Lipinski definition) is 6. The molecule has 8 nitrogen and oxygen atoms in total. The van der Waals surface area contributed by atoms with Crippen molar-refractivity contribution in [2.45, 2.75) is 40.2 Å². The molecule has 2 N–H and O–H groups in total. The molecule has 0 aliphatic carbocycles. The fourth-order valence-electron chi connectivity index (χ4n) is 3.37. The van der Waals surface area contributed by atoms with Crippen LogP contribution in [0.3, 0.4) is 0 Å². The third-order valence-corrected chi connectivity index (χ3v) is 5.91. The van der Waals surface area contributed by atoms with Gasteiger partial charge >= 0.3 is 0 Å². The minimum Gasteiger partial charge on any atom is -0.357 e. The van der Waals surface area contributed by atoms with E-state index in [2.05, 4.69) is 43.6 Å². The van der Waals surface area contributed by atoms with Crippen LogP contribution < -0.4 is 15.5 Å². The minimum atomic E-state index is -0.0291. The molecule has 168 valence electrons. The van der Waals surface area contributed by atoms with Crippen molar-refractivity contribution in [2.75, 3.05) is 44.2 Å². The van der Waals surface area contributed by atoms with Crippen LogP contribution in [0, 0.1) is 0 Å². The third kappa shape index (κ3) is 6.40. The van der Waals surface area contributed by atoms with Gasteiger partial charge in [-0.3, -0.25) is 4.79 Å². The van der Waals surface area contributed by atoms with E-state index in [1.165, 1.54) is 11.5 Å². The molecule has 1 aromatic heterocycles. The predicted molar refractivity (Wildman–Crippen MR) is 127 cm³/mol. The smallest absolute Gasteiger partial charge is 0.251 e. The lowest BCUT2D eigenvalue weighted by Gasteiger charge is -2.36. The summed E-state index contributed by atoms with van der Waals surface area (Å²) in [7, 11) is 0. The second-order valence-electron chi connectivity index (χ2n) is 7.45. The van der Waals surface area contributed by atoms with Crippen molar-refractivity contribution in [3.8, 4) is 0 Å². The first-order chi connectivity index (χ1) is 15.1. The van der Waals surface area contributed by atoms with Gasteiger partial charge in [0.15, 0.2) is 5.96 Å². The Balaban J connectivity index is 1.61. The number of aromatic nitrogens is 2. The minimum absolute atomic E-state index is 0.0291. The van der Waals surface area contributed by atoms with Gasteiger partial charge in [0.25, 0.3) is 5.91 Å². The summed E-state index contributed by atoms with van der Waals surface area (Å²) in [5.41, 5.74) is 1.71. The van der Waals surface area contributed by atoms with Gasteiger partial charge in [-0.25, -0.2) is 9.98 Å². The summed E-state index contributed by atoms with van der Waals surface area (Å²) >= 11 is 1.48. The first kappa shape index (κ1) is 23.0. The van der Waals surface area contributed by atoms with Gasteiger partial charge in [0, 0.05) is 62.8 Å². The highest BCUT2D eigenvalue weighted by molar-refractivity contribution is 7.09. The van der Waals surface area contributed by atoms with E-state index in [0.717, 1.165) is 68.0 Å². The van der Waals surface area contributed by atoms with E-state index in [-0.39, 0.29) is 5.91 Å². The Bertz CT molecular complexity index is 874. The normalized spacial score (nSPS) is 14.6. The molecule has 0 unspecified atom stereocenters. The van der Waals surface area contributed by atoms with Crippen molar-refractivity contribution in [3.63, 3.8) is 0 Å². The summed E-state index contributed by atoms with van der Waals surface area (Å²) in [6.07, 6.45) is 1.79. The van der Waals surface area contributed by atoms with Crippen molar-refractivity contribution in [3.05, 3.63) is 41.2 Å². The molecule has 9 heteroatoms. The molecule has 31 heavy (non-hydrogen) atoms. The zero-order valence-corrected chi connectivity index (χ0v) is 19.5. The predicted octanol–water partition coefficient (Wildman–Crippen LogP) is 2.53. The second kappa shape index (κ2) is 11.6. The van der Waals surface area contributed by atoms with Crippen molar-refractivity contribution in [1.82, 2.24) is 24.9 Å². The third-order valence-electron chi connectivity index (χ3n) is 5.09. The van der Waals surface area contributed by atoms with E-state index in [1.807, 2.05) is 31.2 Å². The molecule has 1 aliphatic heterocycles. The molecule has 0 saturated carbocycles. The van der Waals surface area contributed by atoms with Gasteiger partial charge in [-0.2, -0.15) is 4.37 Å². The van der Waals surface area contributed by atoms with Crippen molar-refractivity contribution < 1.29 is 4.79 Å². The number of benzene rings is 1. The van der Waals surface area contributed by atoms with Gasteiger partial charge in [0.2, 0.25) is 5.13 Å². The molecule has 0 atom stereocenters. The lowest BCUT2D eigenvalue weighted by Crippen LogP contribution is -2.52. The zero-order valence-electron chi connectivity index (χ0n) is 18.7. The first-order valence-electron chi connectivity index (χ1n) is 11.1. The number of guanidine groups is 1. The van der Waals surface area contributed by atoms with Crippen LogP contribution in [-0.4, -0.2) is 65.4 Å². The molecule has 1 amide bonds. The Morgan fingerprint density at radius 2 is 1.97 bits per heavy atom. The van der Waals surface area contributed by atoms with Crippen molar-refractivity contribution >= 4 is 28.5 Å². The van der Waals surface area contributed by atoms with Gasteiger partial charge in [-0.15, -0.1) is 0 Å². The van der Waals surface area contributed by atoms with Crippen LogP contribution in [0.1, 0.15) is 48.9 Å². The molecular weight excluding hydrogens is 410 g/mol. The van der Waals surface area contributed by atoms with Crippen LogP contribution in [0.4, 0.5) is 5.13 Å². The van der Waals surface area contributed by atoms with Crippen LogP contribution in [0.15, 0.2) is 29.3 Å². The quantitative estimate of drug-likeness (QED) is 0.482. The Morgan fingerprint density at radius 1 is 1.16 bits per heavy atom. The summed E-state index contributed by atoms with van der Waals surface area (Å²) < 4.78 is 4.40. The molecule has 0 bridgehead atoms. The molecule has 1 aromatic carbocycles. The summed E-state index contributed by atoms with van der Waals surface area (Å²) in [6, 6.07) is 7.71. The van der Waals surface area contributed by atoms with E-state index >= 15 is 0 Å². The van der Waals surface area contributed by atoms with Crippen LogP contribution in [-0.2, 0) is 13.0 Å². The van der Waals surface area contributed by atoms with Gasteiger partial charge in [0.05, 0.1) is 6.54 Å². The fraction of sp³-hybridized carbons (Fsp3) is 0.545. The first-order valence-corrected chi connectivity index (χ1v) is 11.9. The molecule has 1 saturated heterocycles. The van der Waals surface area contributed by atoms with Gasteiger partial charge in [-0.1, -0.05) is 26.0 Å². The van der Waals surface area contributed by atoms with Crippen LogP contribution in [0.5, 0.6) is 0 Å². The lowest BCUT2D eigenvalue weighted by atomic mass is 10.1. The average Bonchev–Trinajstić information content (AvgIpc) is 3.30. The lowest BCUT2D eigenvalue weighted by molar-refractivity contribution is 0.0953. The maximum atomic E-state index is 12.2. The van der Waals surface area contributed by atoms with Crippen LogP contribution >= 0.6 is 11.5 Å². The largest absolute Gasteiger partial charge is 0.357 e. The van der Waals surface area contributed by atoms with Crippen LogP contribution in [0.2, 0.25) is 0 Å². The molecular formula is C22H33N7OS. The summed E-state index contributed by atoms with van der Waals surface area (Å²) in [5.74, 6) is 1.80. The number of nitrogens with one attached hydrogen (secondary N) is 2. The van der Waals surface area contributed by atoms with Crippen molar-refractivity contribution in [1.29, 1.82) is 0 Å². The summed E-state index contributed by atoms with van der Waals surface area (Å²) in [5, 5.41) is 7.35. The Hall–Kier alpha value is -2.68. The van der Waals surface area contributed by atoms with Crippen LogP contribution in [0.25, 0.3) is 0 Å². The van der Waals surface area contributed by atoms with E-state index in [9.17, 15) is 4.79 Å². The standard InChI is InChI=1S/C22H33N7OS/c1-4-10-24-20(30)18-9-7-8-17(15-18)16-25-21(23-6-3)28-11-13-29(14-12-28)22-26-19(5-2)27-31-22/h7-9,15H,4-6,10-14,16H2,1-3H3,(H,23,25)(H,24,30). The highest BCUT2D eigenvalue weighted by Crippen LogP contribution is 2.19. The number of aliphatic imine (C=N–C) groups is 1. The highest BCUT2D eigenvalue weighted by atomic mass is 32.1. The molecule has 2 aromatic rings. The molecule has 1 fully saturated rings. The maximum Gasteiger partial charge on any atom is 0.251 e. The highest BCUT2D eigenvalue weighted by Gasteiger charge is 2.22. The van der Waals surface area contributed by atoms with Gasteiger partial charge in [-0.05, 0) is 31.0 Å². The molecule has 1 aliphatic rings. The molecule has 2 heterocycles. The van der Waals surface area contributed by atoms with E-state index in [0.29, 0.717) is 18.7 Å². The molecule has 0 spiro atoms. The Labute approximate surface area is 188 Å². The fourth-order valence-corrected chi connectivity index (χ4v) is 4.17. The topological polar surface area (TPSA) is 85.8 Å². The number of carbonyl (C=O) groups is 1. The van der Waals surface area contributed by atoms with Gasteiger partial charge < -0.3 is 20.4 Å². The van der Waals surface area contributed by atoms with E-state index in [4.69, 9.17) is 4.99 Å². The Morgan fingerprint density at radius 3 is 2.65 bits per heavy atom. The number of amides is 1.